The van der Waals surface area contributed by atoms with Crippen molar-refractivity contribution in [3.63, 3.8) is 0 Å². The summed E-state index contributed by atoms with van der Waals surface area (Å²) in [5, 5.41) is 40.0. The van der Waals surface area contributed by atoms with E-state index < -0.39 is 43.4 Å². The maximum atomic E-state index is 12.7. The monoisotopic (exact) mass is 775 g/mol. The van der Waals surface area contributed by atoms with Crippen LogP contribution in [0.1, 0.15) is 149 Å². The fourth-order valence-corrected chi connectivity index (χ4v) is 6.04. The van der Waals surface area contributed by atoms with Gasteiger partial charge in [0.25, 0.3) is 0 Å². The number of unbranched alkanes of at least 4 members (excludes halogenated alkanes) is 12. The van der Waals surface area contributed by atoms with Gasteiger partial charge >= 0.3 is 5.97 Å². The van der Waals surface area contributed by atoms with Crippen molar-refractivity contribution in [3.8, 4) is 0 Å². The lowest BCUT2D eigenvalue weighted by molar-refractivity contribution is -0.305. The van der Waals surface area contributed by atoms with Gasteiger partial charge in [0.1, 0.15) is 30.5 Å². The van der Waals surface area contributed by atoms with Crippen LogP contribution >= 0.6 is 0 Å². The number of esters is 1. The second kappa shape index (κ2) is 37.2. The molecule has 0 aromatic carbocycles. The molecule has 6 atom stereocenters. The van der Waals surface area contributed by atoms with Crippen LogP contribution in [0.25, 0.3) is 0 Å². The Balaban J connectivity index is 2.33. The second-order valence-electron chi connectivity index (χ2n) is 14.4. The lowest BCUT2D eigenvalue weighted by atomic mass is 9.99. The van der Waals surface area contributed by atoms with Crippen molar-refractivity contribution in [1.29, 1.82) is 0 Å². The van der Waals surface area contributed by atoms with E-state index in [9.17, 15) is 25.2 Å². The largest absolute Gasteiger partial charge is 0.457 e. The fraction of sp³-hybridized carbons (Fsp3) is 0.717. The van der Waals surface area contributed by atoms with E-state index in [-0.39, 0.29) is 19.2 Å². The van der Waals surface area contributed by atoms with E-state index >= 15 is 0 Å². The predicted molar refractivity (Wildman–Crippen MR) is 224 cm³/mol. The summed E-state index contributed by atoms with van der Waals surface area (Å²) in [4.78, 5) is 12.7. The quantitative estimate of drug-likeness (QED) is 0.0282. The van der Waals surface area contributed by atoms with Crippen molar-refractivity contribution in [2.24, 2.45) is 0 Å². The molecule has 9 nitrogen and oxygen atoms in total. The lowest BCUT2D eigenvalue weighted by Gasteiger charge is -2.39. The highest BCUT2D eigenvalue weighted by Gasteiger charge is 2.44. The molecule has 0 aromatic heterocycles. The molecule has 1 aliphatic heterocycles. The maximum Gasteiger partial charge on any atom is 0.306 e. The Labute approximate surface area is 334 Å². The average Bonchev–Trinajstić information content (AvgIpc) is 3.18. The smallest absolute Gasteiger partial charge is 0.306 e. The van der Waals surface area contributed by atoms with E-state index in [1.807, 2.05) is 0 Å². The molecule has 0 spiro atoms. The molecule has 1 rings (SSSR count). The van der Waals surface area contributed by atoms with Gasteiger partial charge in [0.2, 0.25) is 0 Å². The molecular formula is C46H78O9. The molecule has 316 valence electrons. The molecule has 0 radical (unpaired) electrons. The summed E-state index contributed by atoms with van der Waals surface area (Å²) < 4.78 is 22.7. The first-order chi connectivity index (χ1) is 26.9. The number of ether oxygens (including phenoxy) is 4. The van der Waals surface area contributed by atoms with Crippen molar-refractivity contribution in [2.75, 3.05) is 26.4 Å². The molecule has 0 saturated carbocycles. The third-order valence-corrected chi connectivity index (χ3v) is 9.39. The van der Waals surface area contributed by atoms with E-state index in [0.717, 1.165) is 70.6 Å². The van der Waals surface area contributed by atoms with Crippen LogP contribution in [0.15, 0.2) is 72.9 Å². The Hall–Kier alpha value is -2.37. The summed E-state index contributed by atoms with van der Waals surface area (Å²) in [5.74, 6) is -0.337. The van der Waals surface area contributed by atoms with Crippen molar-refractivity contribution in [3.05, 3.63) is 72.9 Å². The summed E-state index contributed by atoms with van der Waals surface area (Å²) in [5.41, 5.74) is 0. The zero-order chi connectivity index (χ0) is 40.0. The van der Waals surface area contributed by atoms with Crippen LogP contribution in [-0.4, -0.2) is 89.6 Å². The molecule has 55 heavy (non-hydrogen) atoms. The predicted octanol–water partition coefficient (Wildman–Crippen LogP) is 9.30. The van der Waals surface area contributed by atoms with Crippen molar-refractivity contribution < 1.29 is 44.2 Å². The molecule has 0 bridgehead atoms. The number of allylic oxidation sites excluding steroid dienone is 12. The average molecular weight is 775 g/mol. The highest BCUT2D eigenvalue weighted by atomic mass is 16.7. The topological polar surface area (TPSA) is 135 Å². The first-order valence-corrected chi connectivity index (χ1v) is 21.5. The van der Waals surface area contributed by atoms with Gasteiger partial charge in [-0.25, -0.2) is 0 Å². The van der Waals surface area contributed by atoms with Crippen LogP contribution in [0.4, 0.5) is 0 Å². The molecule has 1 fully saturated rings. The van der Waals surface area contributed by atoms with Gasteiger partial charge in [0.15, 0.2) is 6.29 Å². The molecule has 0 aromatic rings. The molecule has 1 heterocycles. The van der Waals surface area contributed by atoms with E-state index in [1.54, 1.807) is 0 Å². The molecule has 6 unspecified atom stereocenters. The van der Waals surface area contributed by atoms with Crippen LogP contribution in [0, 0.1) is 0 Å². The Morgan fingerprint density at radius 2 is 1.09 bits per heavy atom. The van der Waals surface area contributed by atoms with Crippen molar-refractivity contribution in [1.82, 2.24) is 0 Å². The number of rotatable bonds is 35. The van der Waals surface area contributed by atoms with Gasteiger partial charge in [-0.05, 0) is 57.8 Å². The molecule has 4 N–H and O–H groups in total. The van der Waals surface area contributed by atoms with Crippen molar-refractivity contribution in [2.45, 2.75) is 185 Å². The molecule has 1 saturated heterocycles. The molecular weight excluding hydrogens is 696 g/mol. The Morgan fingerprint density at radius 1 is 0.600 bits per heavy atom. The number of hydrogen-bond donors (Lipinski definition) is 4. The van der Waals surface area contributed by atoms with Crippen LogP contribution in [0.3, 0.4) is 0 Å². The minimum Gasteiger partial charge on any atom is -0.457 e. The molecule has 1 aliphatic rings. The Kier molecular flexibility index (Phi) is 34.3. The van der Waals surface area contributed by atoms with Gasteiger partial charge in [-0.1, -0.05) is 157 Å². The van der Waals surface area contributed by atoms with Gasteiger partial charge in [0, 0.05) is 13.0 Å². The summed E-state index contributed by atoms with van der Waals surface area (Å²) in [7, 11) is 0. The number of carbonyl (C=O) groups excluding carboxylic acids is 1. The van der Waals surface area contributed by atoms with E-state index in [2.05, 4.69) is 86.8 Å². The standard InChI is InChI=1S/C46H78O9/c1-3-5-7-9-11-13-15-17-18-19-20-21-22-23-24-26-28-30-32-34-36-52-38-40(39-53-46-45(51)44(50)43(49)41(37-47)55-46)54-42(48)35-33-31-29-27-25-16-14-12-10-8-6-4-2/h5,7,11,13,17-18,20-21,23-24,28,30,40-41,43-47,49-51H,3-4,6,8-10,12,14-16,19,22,25-27,29,31-39H2,1-2H3/b7-5-,13-11-,18-17-,21-20-,24-23-,30-28-. The van der Waals surface area contributed by atoms with E-state index in [0.29, 0.717) is 13.0 Å². The zero-order valence-corrected chi connectivity index (χ0v) is 34.4. The first-order valence-electron chi connectivity index (χ1n) is 21.5. The third-order valence-electron chi connectivity index (χ3n) is 9.39. The maximum absolute atomic E-state index is 12.7. The minimum absolute atomic E-state index is 0.103. The van der Waals surface area contributed by atoms with Gasteiger partial charge in [-0.15, -0.1) is 0 Å². The second-order valence-corrected chi connectivity index (χ2v) is 14.4. The third kappa shape index (κ3) is 28.6. The van der Waals surface area contributed by atoms with Gasteiger partial charge < -0.3 is 39.4 Å². The Bertz CT molecular complexity index is 1060. The van der Waals surface area contributed by atoms with Gasteiger partial charge in [-0.3, -0.25) is 4.79 Å². The number of aliphatic hydroxyl groups excluding tert-OH is 4. The van der Waals surface area contributed by atoms with E-state index in [1.165, 1.54) is 57.8 Å². The summed E-state index contributed by atoms with van der Waals surface area (Å²) in [6, 6.07) is 0. The minimum atomic E-state index is -1.55. The van der Waals surface area contributed by atoms with Crippen molar-refractivity contribution >= 4 is 5.97 Å². The summed E-state index contributed by atoms with van der Waals surface area (Å²) >= 11 is 0. The SMILES string of the molecule is CC/C=C\C/C=C\C/C=C\C/C=C\C/C=C\C/C=C\CCCOCC(COC1OC(CO)C(O)C(O)C1O)OC(=O)CCCCCCCCCCCCCC. The fourth-order valence-electron chi connectivity index (χ4n) is 6.04. The molecule has 0 amide bonds. The lowest BCUT2D eigenvalue weighted by Crippen LogP contribution is -2.59. The number of aliphatic hydroxyl groups is 4. The first kappa shape index (κ1) is 50.6. The Morgan fingerprint density at radius 3 is 1.60 bits per heavy atom. The van der Waals surface area contributed by atoms with Crippen LogP contribution in [0.2, 0.25) is 0 Å². The summed E-state index contributed by atoms with van der Waals surface area (Å²) in [6.07, 6.45) is 40.8. The number of hydrogen-bond acceptors (Lipinski definition) is 9. The number of carbonyl (C=O) groups is 1. The molecule has 0 aliphatic carbocycles. The normalized spacial score (nSPS) is 21.5. The molecule has 9 heteroatoms. The van der Waals surface area contributed by atoms with Gasteiger partial charge in [-0.2, -0.15) is 0 Å². The van der Waals surface area contributed by atoms with Gasteiger partial charge in [0.05, 0.1) is 19.8 Å². The van der Waals surface area contributed by atoms with Crippen LogP contribution in [-0.2, 0) is 23.7 Å². The van der Waals surface area contributed by atoms with Crippen LogP contribution in [0.5, 0.6) is 0 Å². The highest BCUT2D eigenvalue weighted by Crippen LogP contribution is 2.22. The summed E-state index contributed by atoms with van der Waals surface area (Å²) in [6.45, 7) is 4.27. The highest BCUT2D eigenvalue weighted by molar-refractivity contribution is 5.69. The zero-order valence-electron chi connectivity index (χ0n) is 34.4. The van der Waals surface area contributed by atoms with Crippen LogP contribution < -0.4 is 0 Å². The van der Waals surface area contributed by atoms with E-state index in [4.69, 9.17) is 18.9 Å².